The molecule has 3 heteroatoms. The van der Waals surface area contributed by atoms with Gasteiger partial charge in [-0.15, -0.1) is 0 Å². The molecule has 1 fully saturated rings. The number of pyridine rings is 1. The first-order valence-corrected chi connectivity index (χ1v) is 8.58. The Morgan fingerprint density at radius 1 is 1.13 bits per heavy atom. The largest absolute Gasteiger partial charge is 0.315 e. The van der Waals surface area contributed by atoms with E-state index < -0.39 is 0 Å². The normalized spacial score (nSPS) is 15.3. The monoisotopic (exact) mass is 310 g/mol. The van der Waals surface area contributed by atoms with Crippen LogP contribution < -0.4 is 10.9 Å². The second-order valence-corrected chi connectivity index (χ2v) is 6.71. The highest BCUT2D eigenvalue weighted by atomic mass is 16.1. The Balaban J connectivity index is 2.19. The van der Waals surface area contributed by atoms with Crippen LogP contribution in [0.3, 0.4) is 0 Å². The lowest BCUT2D eigenvalue weighted by atomic mass is 10.0. The number of aromatic nitrogens is 1. The van der Waals surface area contributed by atoms with Crippen LogP contribution >= 0.6 is 0 Å². The van der Waals surface area contributed by atoms with E-state index in [0.717, 1.165) is 24.1 Å². The Kier molecular flexibility index (Phi) is 4.67. The van der Waals surface area contributed by atoms with Crippen molar-refractivity contribution >= 4 is 0 Å². The molecule has 0 aliphatic heterocycles. The Bertz CT molecular complexity index is 755. The predicted octanol–water partition coefficient (Wildman–Crippen LogP) is 3.97. The third-order valence-electron chi connectivity index (χ3n) is 4.91. The first kappa shape index (κ1) is 16.0. The van der Waals surface area contributed by atoms with Crippen LogP contribution in [0.2, 0.25) is 0 Å². The van der Waals surface area contributed by atoms with Crippen LogP contribution in [0.1, 0.15) is 48.4 Å². The summed E-state index contributed by atoms with van der Waals surface area (Å²) in [5, 5.41) is 3.11. The fraction of sp³-hybridized carbons (Fsp3) is 0.450. The van der Waals surface area contributed by atoms with Crippen LogP contribution in [0.25, 0.3) is 11.3 Å². The van der Waals surface area contributed by atoms with Crippen molar-refractivity contribution in [1.29, 1.82) is 0 Å². The fourth-order valence-corrected chi connectivity index (χ4v) is 3.77. The zero-order valence-corrected chi connectivity index (χ0v) is 14.4. The molecule has 122 valence electrons. The summed E-state index contributed by atoms with van der Waals surface area (Å²) in [7, 11) is 1.89. The van der Waals surface area contributed by atoms with Crippen molar-refractivity contribution in [2.24, 2.45) is 0 Å². The maximum Gasteiger partial charge on any atom is 0.255 e. The van der Waals surface area contributed by atoms with Gasteiger partial charge in [-0.1, -0.05) is 42.7 Å². The number of aryl methyl sites for hydroxylation is 2. The van der Waals surface area contributed by atoms with Gasteiger partial charge < -0.3 is 9.88 Å². The van der Waals surface area contributed by atoms with Crippen LogP contribution in [0, 0.1) is 13.8 Å². The number of hydrogen-bond acceptors (Lipinski definition) is 2. The summed E-state index contributed by atoms with van der Waals surface area (Å²) in [6.07, 6.45) is 4.67. The van der Waals surface area contributed by atoms with Crippen molar-refractivity contribution in [2.75, 3.05) is 7.05 Å². The van der Waals surface area contributed by atoms with E-state index in [2.05, 4.69) is 48.0 Å². The van der Waals surface area contributed by atoms with Crippen LogP contribution in [0.15, 0.2) is 35.1 Å². The van der Waals surface area contributed by atoms with E-state index in [1.54, 1.807) is 0 Å². The SMILES string of the molecule is CNCc1ccc(-c2ccc(C)cc2C)n(C2CCCC2)c1=O. The summed E-state index contributed by atoms with van der Waals surface area (Å²) >= 11 is 0. The Labute approximate surface area is 138 Å². The Morgan fingerprint density at radius 2 is 1.87 bits per heavy atom. The Hall–Kier alpha value is -1.87. The summed E-state index contributed by atoms with van der Waals surface area (Å²) in [5.74, 6) is 0. The van der Waals surface area contributed by atoms with Crippen molar-refractivity contribution < 1.29 is 0 Å². The summed E-state index contributed by atoms with van der Waals surface area (Å²) in [4.78, 5) is 13.0. The van der Waals surface area contributed by atoms with E-state index in [-0.39, 0.29) is 5.56 Å². The highest BCUT2D eigenvalue weighted by molar-refractivity contribution is 5.65. The molecule has 1 aromatic carbocycles. The van der Waals surface area contributed by atoms with Crippen LogP contribution in [0.4, 0.5) is 0 Å². The molecule has 0 atom stereocenters. The molecular weight excluding hydrogens is 284 g/mol. The molecule has 1 aliphatic carbocycles. The highest BCUT2D eigenvalue weighted by Gasteiger charge is 2.22. The maximum absolute atomic E-state index is 13.0. The molecule has 0 spiro atoms. The van der Waals surface area contributed by atoms with Gasteiger partial charge in [-0.2, -0.15) is 0 Å². The topological polar surface area (TPSA) is 34.0 Å². The van der Waals surface area contributed by atoms with Crippen LogP contribution in [0.5, 0.6) is 0 Å². The molecule has 3 rings (SSSR count). The third kappa shape index (κ3) is 3.11. The number of hydrogen-bond donors (Lipinski definition) is 1. The molecule has 2 aromatic rings. The molecule has 0 unspecified atom stereocenters. The van der Waals surface area contributed by atoms with E-state index >= 15 is 0 Å². The molecule has 1 N–H and O–H groups in total. The zero-order chi connectivity index (χ0) is 16.4. The summed E-state index contributed by atoms with van der Waals surface area (Å²) in [6.45, 7) is 4.86. The molecule has 1 aromatic heterocycles. The second-order valence-electron chi connectivity index (χ2n) is 6.71. The number of rotatable bonds is 4. The smallest absolute Gasteiger partial charge is 0.255 e. The average molecular weight is 310 g/mol. The van der Waals surface area contributed by atoms with E-state index in [4.69, 9.17) is 0 Å². The summed E-state index contributed by atoms with van der Waals surface area (Å²) < 4.78 is 2.07. The van der Waals surface area contributed by atoms with E-state index in [0.29, 0.717) is 12.6 Å². The first-order valence-electron chi connectivity index (χ1n) is 8.58. The lowest BCUT2D eigenvalue weighted by Crippen LogP contribution is -2.29. The molecule has 3 nitrogen and oxygen atoms in total. The minimum Gasteiger partial charge on any atom is -0.315 e. The van der Waals surface area contributed by atoms with Gasteiger partial charge in [0.15, 0.2) is 0 Å². The molecule has 23 heavy (non-hydrogen) atoms. The van der Waals surface area contributed by atoms with Gasteiger partial charge in [0, 0.05) is 23.7 Å². The lowest BCUT2D eigenvalue weighted by molar-refractivity contribution is 0.503. The highest BCUT2D eigenvalue weighted by Crippen LogP contribution is 2.33. The van der Waals surface area contributed by atoms with Gasteiger partial charge >= 0.3 is 0 Å². The Morgan fingerprint density at radius 3 is 2.52 bits per heavy atom. The van der Waals surface area contributed by atoms with Gasteiger partial charge in [-0.05, 0) is 45.4 Å². The second kappa shape index (κ2) is 6.71. The van der Waals surface area contributed by atoms with Crippen molar-refractivity contribution in [3.8, 4) is 11.3 Å². The lowest BCUT2D eigenvalue weighted by Gasteiger charge is -2.21. The summed E-state index contributed by atoms with van der Waals surface area (Å²) in [5.41, 5.74) is 5.76. The molecule has 1 saturated carbocycles. The predicted molar refractivity (Wildman–Crippen MR) is 95.9 cm³/mol. The van der Waals surface area contributed by atoms with E-state index in [1.165, 1.54) is 29.5 Å². The van der Waals surface area contributed by atoms with Gasteiger partial charge in [-0.25, -0.2) is 0 Å². The van der Waals surface area contributed by atoms with Crippen molar-refractivity contribution in [3.05, 3.63) is 57.4 Å². The van der Waals surface area contributed by atoms with Crippen molar-refractivity contribution in [2.45, 2.75) is 52.1 Å². The van der Waals surface area contributed by atoms with Crippen LogP contribution in [-0.2, 0) is 6.54 Å². The summed E-state index contributed by atoms with van der Waals surface area (Å²) in [6, 6.07) is 10.9. The van der Waals surface area contributed by atoms with Crippen LogP contribution in [-0.4, -0.2) is 11.6 Å². The third-order valence-corrected chi connectivity index (χ3v) is 4.91. The van der Waals surface area contributed by atoms with E-state index in [1.807, 2.05) is 13.1 Å². The van der Waals surface area contributed by atoms with Crippen molar-refractivity contribution in [1.82, 2.24) is 9.88 Å². The van der Waals surface area contributed by atoms with E-state index in [9.17, 15) is 4.79 Å². The molecule has 0 amide bonds. The number of nitrogens with zero attached hydrogens (tertiary/aromatic N) is 1. The molecule has 0 radical (unpaired) electrons. The standard InChI is InChI=1S/C20H26N2O/c1-14-8-10-18(15(2)12-14)19-11-9-16(13-21-3)20(23)22(19)17-6-4-5-7-17/h8-12,17,21H,4-7,13H2,1-3H3. The van der Waals surface area contributed by atoms with Gasteiger partial charge in [0.2, 0.25) is 0 Å². The minimum atomic E-state index is 0.170. The number of nitrogens with one attached hydrogen (secondary N) is 1. The molecular formula is C20H26N2O. The molecule has 0 bridgehead atoms. The van der Waals surface area contributed by atoms with Gasteiger partial charge in [0.25, 0.3) is 5.56 Å². The maximum atomic E-state index is 13.0. The quantitative estimate of drug-likeness (QED) is 0.927. The van der Waals surface area contributed by atoms with Gasteiger partial charge in [0.1, 0.15) is 0 Å². The molecule has 1 aliphatic rings. The fourth-order valence-electron chi connectivity index (χ4n) is 3.77. The molecule has 1 heterocycles. The molecule has 0 saturated heterocycles. The average Bonchev–Trinajstić information content (AvgIpc) is 3.03. The zero-order valence-electron chi connectivity index (χ0n) is 14.4. The minimum absolute atomic E-state index is 0.170. The first-order chi connectivity index (χ1) is 11.1. The van der Waals surface area contributed by atoms with Gasteiger partial charge in [-0.3, -0.25) is 4.79 Å². The van der Waals surface area contributed by atoms with Crippen molar-refractivity contribution in [3.63, 3.8) is 0 Å². The number of benzene rings is 1. The van der Waals surface area contributed by atoms with Gasteiger partial charge in [0.05, 0.1) is 5.69 Å².